The summed E-state index contributed by atoms with van der Waals surface area (Å²) < 4.78 is 14.4. The van der Waals surface area contributed by atoms with Gasteiger partial charge in [0.05, 0.1) is 0 Å². The van der Waals surface area contributed by atoms with Gasteiger partial charge in [0, 0.05) is 42.7 Å². The van der Waals surface area contributed by atoms with Gasteiger partial charge in [0.15, 0.2) is 0 Å². The molecule has 0 radical (unpaired) electrons. The van der Waals surface area contributed by atoms with E-state index < -0.39 is 23.5 Å². The summed E-state index contributed by atoms with van der Waals surface area (Å²) in [6.07, 6.45) is -0.526. The highest BCUT2D eigenvalue weighted by molar-refractivity contribution is 5.94. The van der Waals surface area contributed by atoms with Gasteiger partial charge in [-0.15, -0.1) is 0 Å². The van der Waals surface area contributed by atoms with Crippen molar-refractivity contribution < 1.29 is 23.9 Å². The Morgan fingerprint density at radius 1 is 1.12 bits per heavy atom. The Balaban J connectivity index is 1.70. The van der Waals surface area contributed by atoms with Crippen LogP contribution in [0.25, 0.3) is 0 Å². The first kappa shape index (κ1) is 25.2. The zero-order chi connectivity index (χ0) is 24.9. The van der Waals surface area contributed by atoms with Crippen molar-refractivity contribution >= 4 is 17.9 Å². The number of carboxylic acid groups (broad SMARTS) is 1. The molecular weight excluding hydrogens is 437 g/mol. The number of carbonyl (C=O) groups excluding carboxylic acids is 2. The number of hydrogen-bond donors (Lipinski definition) is 2. The number of nitrogens with zero attached hydrogens (tertiary/aromatic N) is 2. The van der Waals surface area contributed by atoms with Crippen LogP contribution in [0.2, 0.25) is 0 Å². The fraction of sp³-hybridized carbons (Fsp3) is 0.423. The molecule has 1 saturated heterocycles. The van der Waals surface area contributed by atoms with E-state index in [1.165, 1.54) is 11.0 Å². The van der Waals surface area contributed by atoms with Crippen molar-refractivity contribution in [2.75, 3.05) is 13.1 Å². The van der Waals surface area contributed by atoms with E-state index in [2.05, 4.69) is 5.32 Å². The van der Waals surface area contributed by atoms with E-state index in [0.717, 1.165) is 0 Å². The summed E-state index contributed by atoms with van der Waals surface area (Å²) in [4.78, 5) is 40.6. The predicted octanol–water partition coefficient (Wildman–Crippen LogP) is 3.94. The van der Waals surface area contributed by atoms with Crippen LogP contribution >= 0.6 is 0 Å². The van der Waals surface area contributed by atoms with Crippen LogP contribution in [0.15, 0.2) is 54.6 Å². The average Bonchev–Trinajstić information content (AvgIpc) is 3.23. The first-order valence-electron chi connectivity index (χ1n) is 11.5. The molecule has 2 atom stereocenters. The Morgan fingerprint density at radius 2 is 1.76 bits per heavy atom. The van der Waals surface area contributed by atoms with Gasteiger partial charge in [-0.2, -0.15) is 0 Å². The maximum Gasteiger partial charge on any atom is 0.408 e. The molecule has 3 amide bonds. The van der Waals surface area contributed by atoms with Gasteiger partial charge in [-0.05, 0) is 57.4 Å². The zero-order valence-electron chi connectivity index (χ0n) is 19.8. The molecule has 0 aliphatic carbocycles. The number of nitrogens with one attached hydrogen (secondary N) is 1. The van der Waals surface area contributed by atoms with E-state index in [-0.39, 0.29) is 30.7 Å². The summed E-state index contributed by atoms with van der Waals surface area (Å²) in [5.74, 6) is -0.834. The summed E-state index contributed by atoms with van der Waals surface area (Å²) >= 11 is 0. The van der Waals surface area contributed by atoms with Crippen LogP contribution in [-0.4, -0.2) is 63.5 Å². The van der Waals surface area contributed by atoms with Gasteiger partial charge in [0.2, 0.25) is 5.91 Å². The molecule has 0 bridgehead atoms. The Morgan fingerprint density at radius 3 is 2.38 bits per heavy atom. The molecule has 3 rings (SSSR count). The molecule has 1 heterocycles. The Labute approximate surface area is 199 Å². The Hall–Kier alpha value is -3.42. The minimum Gasteiger partial charge on any atom is -0.465 e. The molecule has 34 heavy (non-hydrogen) atoms. The molecule has 8 heteroatoms. The van der Waals surface area contributed by atoms with Gasteiger partial charge in [-0.1, -0.05) is 36.4 Å². The second-order valence-electron chi connectivity index (χ2n) is 9.64. The lowest BCUT2D eigenvalue weighted by Gasteiger charge is -2.40. The maximum atomic E-state index is 14.4. The minimum atomic E-state index is -1.16. The van der Waals surface area contributed by atoms with Gasteiger partial charge >= 0.3 is 6.09 Å². The van der Waals surface area contributed by atoms with Crippen LogP contribution in [0, 0.1) is 5.82 Å². The van der Waals surface area contributed by atoms with Crippen LogP contribution in [0.5, 0.6) is 0 Å². The lowest BCUT2D eigenvalue weighted by Crippen LogP contribution is -2.53. The molecule has 2 aromatic rings. The van der Waals surface area contributed by atoms with Crippen molar-refractivity contribution in [2.45, 2.75) is 57.7 Å². The Kier molecular flexibility index (Phi) is 7.91. The van der Waals surface area contributed by atoms with Gasteiger partial charge in [-0.3, -0.25) is 14.5 Å². The third kappa shape index (κ3) is 6.34. The molecule has 0 saturated carbocycles. The van der Waals surface area contributed by atoms with Crippen LogP contribution in [0.4, 0.5) is 9.18 Å². The topological polar surface area (TPSA) is 90.0 Å². The fourth-order valence-corrected chi connectivity index (χ4v) is 4.46. The normalized spacial score (nSPS) is 16.7. The highest BCUT2D eigenvalue weighted by atomic mass is 19.1. The lowest BCUT2D eigenvalue weighted by atomic mass is 9.95. The molecule has 1 aliphatic heterocycles. The molecule has 0 aromatic heterocycles. The SMILES string of the molecule is CC(C)(C)N(C(=O)O)[C@@H](CC(=O)N1CC[C@H](NC(=O)c2ccccc2)C1)Cc1ccccc1F. The van der Waals surface area contributed by atoms with Crippen molar-refractivity contribution in [3.05, 3.63) is 71.5 Å². The zero-order valence-corrected chi connectivity index (χ0v) is 19.8. The summed E-state index contributed by atoms with van der Waals surface area (Å²) in [6, 6.07) is 14.2. The summed E-state index contributed by atoms with van der Waals surface area (Å²) in [5.41, 5.74) is 0.143. The quantitative estimate of drug-likeness (QED) is 0.643. The first-order chi connectivity index (χ1) is 16.1. The number of benzene rings is 2. The predicted molar refractivity (Wildman–Crippen MR) is 127 cm³/mol. The molecule has 0 unspecified atom stereocenters. The van der Waals surface area contributed by atoms with Crippen molar-refractivity contribution in [1.29, 1.82) is 0 Å². The molecule has 2 N–H and O–H groups in total. The molecular formula is C26H32FN3O4. The molecule has 0 spiro atoms. The van der Waals surface area contributed by atoms with Crippen molar-refractivity contribution in [1.82, 2.24) is 15.1 Å². The van der Waals surface area contributed by atoms with Gasteiger partial charge in [0.25, 0.3) is 5.91 Å². The molecule has 1 aliphatic rings. The van der Waals surface area contributed by atoms with E-state index in [9.17, 15) is 23.9 Å². The number of likely N-dealkylation sites (tertiary alicyclic amines) is 1. The van der Waals surface area contributed by atoms with Crippen molar-refractivity contribution in [3.8, 4) is 0 Å². The first-order valence-corrected chi connectivity index (χ1v) is 11.5. The highest BCUT2D eigenvalue weighted by Gasteiger charge is 2.37. The Bertz CT molecular complexity index is 1020. The van der Waals surface area contributed by atoms with E-state index in [4.69, 9.17) is 0 Å². The second kappa shape index (κ2) is 10.7. The molecule has 182 valence electrons. The molecule has 1 fully saturated rings. The largest absolute Gasteiger partial charge is 0.465 e. The highest BCUT2D eigenvalue weighted by Crippen LogP contribution is 2.25. The minimum absolute atomic E-state index is 0.0722. The number of rotatable bonds is 7. The lowest BCUT2D eigenvalue weighted by molar-refractivity contribution is -0.131. The van der Waals surface area contributed by atoms with Gasteiger partial charge < -0.3 is 15.3 Å². The van der Waals surface area contributed by atoms with E-state index in [0.29, 0.717) is 30.6 Å². The average molecular weight is 470 g/mol. The molecule has 7 nitrogen and oxygen atoms in total. The number of halogens is 1. The number of amides is 3. The third-order valence-corrected chi connectivity index (χ3v) is 6.03. The van der Waals surface area contributed by atoms with Crippen molar-refractivity contribution in [2.24, 2.45) is 0 Å². The monoisotopic (exact) mass is 469 g/mol. The van der Waals surface area contributed by atoms with Crippen LogP contribution in [-0.2, 0) is 11.2 Å². The number of hydrogen-bond acceptors (Lipinski definition) is 3. The second-order valence-corrected chi connectivity index (χ2v) is 9.64. The number of carbonyl (C=O) groups is 3. The molecule has 2 aromatic carbocycles. The van der Waals surface area contributed by atoms with Crippen LogP contribution < -0.4 is 5.32 Å². The maximum absolute atomic E-state index is 14.4. The van der Waals surface area contributed by atoms with E-state index in [1.807, 2.05) is 6.07 Å². The van der Waals surface area contributed by atoms with Crippen LogP contribution in [0.3, 0.4) is 0 Å². The standard InChI is InChI=1S/C26H32FN3O4/c1-26(2,3)30(25(33)34)21(15-19-11-7-8-12-22(19)27)16-23(31)29-14-13-20(17-29)28-24(32)18-9-5-4-6-10-18/h4-12,20-21H,13-17H2,1-3H3,(H,28,32)(H,33,34)/t20-,21+/m0/s1. The summed E-state index contributed by atoms with van der Waals surface area (Å²) in [7, 11) is 0. The smallest absolute Gasteiger partial charge is 0.408 e. The van der Waals surface area contributed by atoms with E-state index >= 15 is 0 Å². The van der Waals surface area contributed by atoms with Gasteiger partial charge in [0.1, 0.15) is 5.82 Å². The van der Waals surface area contributed by atoms with Crippen LogP contribution in [0.1, 0.15) is 49.5 Å². The summed E-state index contributed by atoms with van der Waals surface area (Å²) in [6.45, 7) is 6.08. The van der Waals surface area contributed by atoms with E-state index in [1.54, 1.807) is 68.1 Å². The van der Waals surface area contributed by atoms with Gasteiger partial charge in [-0.25, -0.2) is 9.18 Å². The van der Waals surface area contributed by atoms with Crippen molar-refractivity contribution in [3.63, 3.8) is 0 Å². The summed E-state index contributed by atoms with van der Waals surface area (Å²) in [5, 5.41) is 12.9. The third-order valence-electron chi connectivity index (χ3n) is 6.03. The fourth-order valence-electron chi connectivity index (χ4n) is 4.46.